The molecule has 0 spiro atoms. The van der Waals surface area contributed by atoms with E-state index >= 15 is 0 Å². The fourth-order valence-corrected chi connectivity index (χ4v) is 6.31. The van der Waals surface area contributed by atoms with E-state index in [2.05, 4.69) is 0 Å². The lowest BCUT2D eigenvalue weighted by atomic mass is 9.73. The minimum absolute atomic E-state index is 0.242. The molecule has 0 saturated carbocycles. The van der Waals surface area contributed by atoms with Crippen molar-refractivity contribution in [3.05, 3.63) is 120 Å². The highest BCUT2D eigenvalue weighted by Gasteiger charge is 2.56. The van der Waals surface area contributed by atoms with Crippen molar-refractivity contribution in [1.82, 2.24) is 14.5 Å². The van der Waals surface area contributed by atoms with Gasteiger partial charge in [-0.3, -0.25) is 9.59 Å². The Bertz CT molecular complexity index is 1610. The van der Waals surface area contributed by atoms with Gasteiger partial charge in [-0.05, 0) is 56.4 Å². The summed E-state index contributed by atoms with van der Waals surface area (Å²) in [6, 6.07) is 28.8. The molecular weight excluding hydrogens is 540 g/mol. The molecular formula is C35H36N4O4. The minimum atomic E-state index is -0.704. The summed E-state index contributed by atoms with van der Waals surface area (Å²) >= 11 is 0. The topological polar surface area (TPSA) is 84.7 Å². The number of ether oxygens (including phenoxy) is 1. The summed E-state index contributed by atoms with van der Waals surface area (Å²) in [4.78, 5) is 49.7. The van der Waals surface area contributed by atoms with Crippen molar-refractivity contribution < 1.29 is 19.1 Å². The maximum Gasteiger partial charge on any atom is 0.410 e. The molecule has 1 fully saturated rings. The van der Waals surface area contributed by atoms with Gasteiger partial charge in [-0.15, -0.1) is 0 Å². The van der Waals surface area contributed by atoms with Crippen LogP contribution in [0.15, 0.2) is 97.3 Å². The van der Waals surface area contributed by atoms with E-state index < -0.39 is 23.5 Å². The van der Waals surface area contributed by atoms with E-state index in [-0.39, 0.29) is 24.3 Å². The second kappa shape index (κ2) is 11.5. The van der Waals surface area contributed by atoms with E-state index in [9.17, 15) is 14.4 Å². The number of rotatable bonds is 7. The first-order valence-electron chi connectivity index (χ1n) is 14.7. The number of aromatic nitrogens is 2. The number of imidazole rings is 1. The predicted octanol–water partition coefficient (Wildman–Crippen LogP) is 5.81. The Morgan fingerprint density at radius 1 is 0.884 bits per heavy atom. The van der Waals surface area contributed by atoms with Gasteiger partial charge in [0.15, 0.2) is 0 Å². The van der Waals surface area contributed by atoms with Gasteiger partial charge in [0, 0.05) is 19.6 Å². The Balaban J connectivity index is 1.39. The Kier molecular flexibility index (Phi) is 7.61. The number of imide groups is 1. The number of nitrogens with zero attached hydrogens (tertiary/aromatic N) is 4. The molecule has 1 aliphatic heterocycles. The van der Waals surface area contributed by atoms with Gasteiger partial charge < -0.3 is 14.2 Å². The van der Waals surface area contributed by atoms with Gasteiger partial charge >= 0.3 is 6.09 Å². The van der Waals surface area contributed by atoms with Crippen LogP contribution in [0.1, 0.15) is 49.2 Å². The number of benzene rings is 3. The van der Waals surface area contributed by atoms with Crippen LogP contribution in [0, 0.1) is 11.8 Å². The monoisotopic (exact) mass is 576 g/mol. The van der Waals surface area contributed by atoms with Gasteiger partial charge in [0.2, 0.25) is 11.8 Å². The van der Waals surface area contributed by atoms with Crippen LogP contribution in [0.4, 0.5) is 10.5 Å². The van der Waals surface area contributed by atoms with Crippen LogP contribution in [0.3, 0.4) is 0 Å². The average Bonchev–Trinajstić information content (AvgIpc) is 3.50. The van der Waals surface area contributed by atoms with Gasteiger partial charge in [0.1, 0.15) is 5.60 Å². The second-order valence-corrected chi connectivity index (χ2v) is 12.4. The number of carbonyl (C=O) groups excluding carboxylic acids is 3. The molecule has 8 heteroatoms. The normalized spacial score (nSPS) is 19.6. The van der Waals surface area contributed by atoms with Crippen LogP contribution in [0.25, 0.3) is 0 Å². The van der Waals surface area contributed by atoms with Crippen LogP contribution in [-0.2, 0) is 33.8 Å². The summed E-state index contributed by atoms with van der Waals surface area (Å²) in [5.74, 6) is -2.18. The number of anilines is 1. The van der Waals surface area contributed by atoms with E-state index in [1.54, 1.807) is 23.4 Å². The summed E-state index contributed by atoms with van der Waals surface area (Å²) < 4.78 is 7.82. The Morgan fingerprint density at radius 2 is 1.49 bits per heavy atom. The highest BCUT2D eigenvalue weighted by atomic mass is 16.6. The molecule has 8 nitrogen and oxygen atoms in total. The number of amides is 3. The zero-order valence-electron chi connectivity index (χ0n) is 24.7. The second-order valence-electron chi connectivity index (χ2n) is 12.4. The first-order valence-corrected chi connectivity index (χ1v) is 14.7. The van der Waals surface area contributed by atoms with Crippen LogP contribution < -0.4 is 4.90 Å². The zero-order chi connectivity index (χ0) is 30.1. The molecule has 0 radical (unpaired) electrons. The summed E-state index contributed by atoms with van der Waals surface area (Å²) in [6.07, 6.45) is 1.79. The van der Waals surface area contributed by atoms with E-state index in [4.69, 9.17) is 9.72 Å². The van der Waals surface area contributed by atoms with E-state index in [1.807, 2.05) is 104 Å². The van der Waals surface area contributed by atoms with Crippen molar-refractivity contribution in [3.63, 3.8) is 0 Å². The standard InChI is InChI=1S/C35H36N4O4/c1-35(2,3)43-34(42)37(20-24-13-7-4-8-14-24)22-26-19-28-31(38(23-36-28)21-25-15-9-5-10-16-25)30-29(26)32(40)39(33(30)41)27-17-11-6-12-18-27/h4-18,23,26,29-30H,19-22H2,1-3H3/t26-,29?,30?/m0/s1. The molecule has 1 aliphatic carbocycles. The van der Waals surface area contributed by atoms with Gasteiger partial charge in [-0.25, -0.2) is 14.7 Å². The Hall–Kier alpha value is -4.72. The maximum atomic E-state index is 14.2. The van der Waals surface area contributed by atoms with E-state index in [1.165, 1.54) is 4.90 Å². The average molecular weight is 577 g/mol. The van der Waals surface area contributed by atoms with Crippen LogP contribution in [0.5, 0.6) is 0 Å². The summed E-state index contributed by atoms with van der Waals surface area (Å²) in [7, 11) is 0. The van der Waals surface area contributed by atoms with Gasteiger partial charge in [-0.1, -0.05) is 78.9 Å². The third kappa shape index (κ3) is 5.82. The molecule has 2 unspecified atom stereocenters. The van der Waals surface area contributed by atoms with Gasteiger partial charge in [0.25, 0.3) is 0 Å². The van der Waals surface area contributed by atoms with Gasteiger partial charge in [-0.2, -0.15) is 0 Å². The lowest BCUT2D eigenvalue weighted by Crippen LogP contribution is -2.44. The van der Waals surface area contributed by atoms with E-state index in [0.29, 0.717) is 25.2 Å². The van der Waals surface area contributed by atoms with Crippen molar-refractivity contribution in [2.75, 3.05) is 11.4 Å². The van der Waals surface area contributed by atoms with Crippen molar-refractivity contribution in [2.45, 2.75) is 51.8 Å². The van der Waals surface area contributed by atoms with Gasteiger partial charge in [0.05, 0.1) is 35.2 Å². The third-order valence-corrected chi connectivity index (χ3v) is 8.10. The molecule has 220 valence electrons. The highest BCUT2D eigenvalue weighted by molar-refractivity contribution is 6.24. The molecule has 1 saturated heterocycles. The lowest BCUT2D eigenvalue weighted by molar-refractivity contribution is -0.123. The Labute approximate surface area is 251 Å². The van der Waals surface area contributed by atoms with Crippen LogP contribution in [-0.4, -0.2) is 44.5 Å². The SMILES string of the molecule is CC(C)(C)OC(=O)N(Cc1ccccc1)C[C@@H]1Cc2ncn(Cc3ccccc3)c2C2C(=O)N(c3ccccc3)C(=O)C21. The molecule has 3 amide bonds. The quantitative estimate of drug-likeness (QED) is 0.259. The molecule has 0 N–H and O–H groups in total. The first kappa shape index (κ1) is 28.4. The molecule has 1 aromatic heterocycles. The van der Waals surface area contributed by atoms with Crippen LogP contribution >= 0.6 is 0 Å². The van der Waals surface area contributed by atoms with Crippen molar-refractivity contribution in [3.8, 4) is 0 Å². The zero-order valence-corrected chi connectivity index (χ0v) is 24.7. The Morgan fingerprint density at radius 3 is 2.12 bits per heavy atom. The molecule has 2 heterocycles. The molecule has 2 aliphatic rings. The number of para-hydroxylation sites is 1. The number of carbonyl (C=O) groups is 3. The minimum Gasteiger partial charge on any atom is -0.444 e. The first-order chi connectivity index (χ1) is 20.7. The molecule has 6 rings (SSSR count). The lowest BCUT2D eigenvalue weighted by Gasteiger charge is -2.35. The number of hydrogen-bond donors (Lipinski definition) is 0. The molecule has 43 heavy (non-hydrogen) atoms. The molecule has 3 atom stereocenters. The summed E-state index contributed by atoms with van der Waals surface area (Å²) in [5.41, 5.74) is 3.48. The molecule has 3 aromatic carbocycles. The highest BCUT2D eigenvalue weighted by Crippen LogP contribution is 2.47. The van der Waals surface area contributed by atoms with E-state index in [0.717, 1.165) is 22.5 Å². The predicted molar refractivity (Wildman–Crippen MR) is 163 cm³/mol. The summed E-state index contributed by atoms with van der Waals surface area (Å²) in [5, 5.41) is 0. The van der Waals surface area contributed by atoms with Crippen molar-refractivity contribution >= 4 is 23.6 Å². The fraction of sp³-hybridized carbons (Fsp3) is 0.314. The molecule has 4 aromatic rings. The van der Waals surface area contributed by atoms with Crippen molar-refractivity contribution in [1.29, 1.82) is 0 Å². The molecule has 0 bridgehead atoms. The smallest absolute Gasteiger partial charge is 0.410 e. The maximum absolute atomic E-state index is 14.2. The summed E-state index contributed by atoms with van der Waals surface area (Å²) in [6.45, 7) is 6.63. The van der Waals surface area contributed by atoms with Crippen molar-refractivity contribution in [2.24, 2.45) is 11.8 Å². The number of fused-ring (bicyclic) bond motifs is 3. The van der Waals surface area contributed by atoms with Crippen LogP contribution in [0.2, 0.25) is 0 Å². The largest absolute Gasteiger partial charge is 0.444 e. The third-order valence-electron chi connectivity index (χ3n) is 8.10. The fourth-order valence-electron chi connectivity index (χ4n) is 6.31. The number of hydrogen-bond acceptors (Lipinski definition) is 5.